The van der Waals surface area contributed by atoms with Gasteiger partial charge in [0.1, 0.15) is 0 Å². The van der Waals surface area contributed by atoms with Crippen LogP contribution in [0.5, 0.6) is 0 Å². The molecule has 1 aliphatic carbocycles. The van der Waals surface area contributed by atoms with E-state index in [4.69, 9.17) is 5.73 Å². The van der Waals surface area contributed by atoms with E-state index >= 15 is 0 Å². The zero-order chi connectivity index (χ0) is 10.1. The Morgan fingerprint density at radius 3 is 2.71 bits per heavy atom. The number of carbonyl (C=O) groups excluding carboxylic acids is 1. The average molecular weight is 196 g/mol. The van der Waals surface area contributed by atoms with Crippen LogP contribution in [0, 0.1) is 11.8 Å². The Morgan fingerprint density at radius 1 is 1.36 bits per heavy atom. The smallest absolute Gasteiger partial charge is 0.225 e. The molecule has 0 bridgehead atoms. The minimum atomic E-state index is 0.310. The molecule has 1 aliphatic heterocycles. The van der Waals surface area contributed by atoms with E-state index in [-0.39, 0.29) is 0 Å². The van der Waals surface area contributed by atoms with Crippen LogP contribution in [-0.2, 0) is 4.79 Å². The Morgan fingerprint density at radius 2 is 2.07 bits per heavy atom. The lowest BCUT2D eigenvalue weighted by Gasteiger charge is -2.20. The number of amides is 1. The van der Waals surface area contributed by atoms with Gasteiger partial charge in [0, 0.05) is 25.0 Å². The summed E-state index contributed by atoms with van der Waals surface area (Å²) in [4.78, 5) is 13.9. The molecule has 2 rings (SSSR count). The highest BCUT2D eigenvalue weighted by Crippen LogP contribution is 2.39. The first-order valence-electron chi connectivity index (χ1n) is 5.73. The molecule has 1 amide bonds. The van der Waals surface area contributed by atoms with E-state index < -0.39 is 0 Å². The van der Waals surface area contributed by atoms with Gasteiger partial charge in [0.05, 0.1) is 0 Å². The molecule has 2 N–H and O–H groups in total. The summed E-state index contributed by atoms with van der Waals surface area (Å²) in [6, 6.07) is 0.310. The fraction of sp³-hybridized carbons (Fsp3) is 0.909. The number of carbonyl (C=O) groups is 1. The molecule has 3 nitrogen and oxygen atoms in total. The number of nitrogens with zero attached hydrogens (tertiary/aromatic N) is 1. The fourth-order valence-electron chi connectivity index (χ4n) is 2.24. The number of nitrogens with two attached hydrogens (primary N) is 1. The molecule has 0 aromatic carbocycles. The number of hydrogen-bond acceptors (Lipinski definition) is 2. The van der Waals surface area contributed by atoms with Crippen molar-refractivity contribution in [2.24, 2.45) is 17.6 Å². The lowest BCUT2D eigenvalue weighted by molar-refractivity contribution is -0.132. The Labute approximate surface area is 85.6 Å². The minimum absolute atomic E-state index is 0.310. The van der Waals surface area contributed by atoms with Gasteiger partial charge in [-0.05, 0) is 31.6 Å². The van der Waals surface area contributed by atoms with Crippen LogP contribution in [0.25, 0.3) is 0 Å². The number of hydrogen-bond donors (Lipinski definition) is 1. The average Bonchev–Trinajstić information content (AvgIpc) is 2.89. The van der Waals surface area contributed by atoms with Gasteiger partial charge in [0.25, 0.3) is 0 Å². The standard InChI is InChI=1S/C11H20N2O/c1-8-7-10(8)11(14)13-5-2-3-9(12)4-6-13/h8-10H,2-7,12H2,1H3. The first-order valence-corrected chi connectivity index (χ1v) is 5.73. The van der Waals surface area contributed by atoms with Gasteiger partial charge < -0.3 is 10.6 Å². The topological polar surface area (TPSA) is 46.3 Å². The molecular formula is C11H20N2O. The Kier molecular flexibility index (Phi) is 2.77. The second-order valence-electron chi connectivity index (χ2n) is 4.84. The summed E-state index contributed by atoms with van der Waals surface area (Å²) in [5, 5.41) is 0. The zero-order valence-electron chi connectivity index (χ0n) is 8.91. The highest BCUT2D eigenvalue weighted by molar-refractivity contribution is 5.81. The maximum Gasteiger partial charge on any atom is 0.225 e. The van der Waals surface area contributed by atoms with Gasteiger partial charge in [-0.3, -0.25) is 4.79 Å². The third-order valence-electron chi connectivity index (χ3n) is 3.51. The van der Waals surface area contributed by atoms with E-state index in [0.29, 0.717) is 23.8 Å². The van der Waals surface area contributed by atoms with E-state index in [1.807, 2.05) is 4.90 Å². The van der Waals surface area contributed by atoms with Crippen LogP contribution in [0.3, 0.4) is 0 Å². The van der Waals surface area contributed by atoms with Crippen molar-refractivity contribution in [2.45, 2.75) is 38.6 Å². The van der Waals surface area contributed by atoms with E-state index in [1.54, 1.807) is 0 Å². The third-order valence-corrected chi connectivity index (χ3v) is 3.51. The lowest BCUT2D eigenvalue weighted by Crippen LogP contribution is -2.34. The van der Waals surface area contributed by atoms with Crippen LogP contribution in [0.2, 0.25) is 0 Å². The van der Waals surface area contributed by atoms with Crippen LogP contribution in [-0.4, -0.2) is 29.9 Å². The van der Waals surface area contributed by atoms with Crippen LogP contribution < -0.4 is 5.73 Å². The van der Waals surface area contributed by atoms with Crippen LogP contribution in [0.4, 0.5) is 0 Å². The second-order valence-corrected chi connectivity index (χ2v) is 4.84. The molecule has 0 radical (unpaired) electrons. The van der Waals surface area contributed by atoms with Gasteiger partial charge in [0.15, 0.2) is 0 Å². The molecule has 1 saturated heterocycles. The molecule has 0 spiro atoms. The lowest BCUT2D eigenvalue weighted by atomic mass is 10.1. The quantitative estimate of drug-likeness (QED) is 0.679. The Hall–Kier alpha value is -0.570. The summed E-state index contributed by atoms with van der Waals surface area (Å²) >= 11 is 0. The van der Waals surface area contributed by atoms with Crippen LogP contribution in [0.1, 0.15) is 32.6 Å². The maximum absolute atomic E-state index is 11.9. The van der Waals surface area contributed by atoms with Crippen molar-refractivity contribution >= 4 is 5.91 Å². The van der Waals surface area contributed by atoms with Crippen LogP contribution >= 0.6 is 0 Å². The van der Waals surface area contributed by atoms with Gasteiger partial charge in [0.2, 0.25) is 5.91 Å². The molecule has 1 heterocycles. The Bertz CT molecular complexity index is 229. The second kappa shape index (κ2) is 3.89. The van der Waals surface area contributed by atoms with Gasteiger partial charge in [-0.2, -0.15) is 0 Å². The number of rotatable bonds is 1. The molecule has 0 aromatic heterocycles. The van der Waals surface area contributed by atoms with E-state index in [1.165, 1.54) is 0 Å². The molecule has 0 aromatic rings. The minimum Gasteiger partial charge on any atom is -0.342 e. The molecule has 2 aliphatic rings. The number of likely N-dealkylation sites (tertiary alicyclic amines) is 1. The van der Waals surface area contributed by atoms with Gasteiger partial charge >= 0.3 is 0 Å². The molecule has 3 heteroatoms. The summed E-state index contributed by atoms with van der Waals surface area (Å²) in [7, 11) is 0. The summed E-state index contributed by atoms with van der Waals surface area (Å²) in [6.07, 6.45) is 4.23. The molecular weight excluding hydrogens is 176 g/mol. The highest BCUT2D eigenvalue weighted by Gasteiger charge is 2.41. The third kappa shape index (κ3) is 2.08. The first kappa shape index (κ1) is 9.97. The summed E-state index contributed by atoms with van der Waals surface area (Å²) in [5.41, 5.74) is 5.88. The van der Waals surface area contributed by atoms with E-state index in [2.05, 4.69) is 6.92 Å². The zero-order valence-corrected chi connectivity index (χ0v) is 8.91. The van der Waals surface area contributed by atoms with Crippen molar-refractivity contribution in [1.82, 2.24) is 4.90 Å². The normalized spacial score (nSPS) is 37.9. The van der Waals surface area contributed by atoms with Crippen molar-refractivity contribution in [3.63, 3.8) is 0 Å². The molecule has 80 valence electrons. The van der Waals surface area contributed by atoms with Crippen LogP contribution in [0.15, 0.2) is 0 Å². The highest BCUT2D eigenvalue weighted by atomic mass is 16.2. The SMILES string of the molecule is CC1CC1C(=O)N1CCCC(N)CC1. The first-order chi connectivity index (χ1) is 6.68. The predicted molar refractivity (Wildman–Crippen MR) is 55.7 cm³/mol. The monoisotopic (exact) mass is 196 g/mol. The van der Waals surface area contributed by atoms with Gasteiger partial charge in [-0.25, -0.2) is 0 Å². The van der Waals surface area contributed by atoms with Gasteiger partial charge in [-0.1, -0.05) is 6.92 Å². The van der Waals surface area contributed by atoms with Gasteiger partial charge in [-0.15, -0.1) is 0 Å². The van der Waals surface area contributed by atoms with E-state index in [9.17, 15) is 4.79 Å². The van der Waals surface area contributed by atoms with Crippen molar-refractivity contribution in [3.05, 3.63) is 0 Å². The van der Waals surface area contributed by atoms with Crippen molar-refractivity contribution < 1.29 is 4.79 Å². The van der Waals surface area contributed by atoms with Crippen molar-refractivity contribution in [2.75, 3.05) is 13.1 Å². The summed E-state index contributed by atoms with van der Waals surface area (Å²) in [6.45, 7) is 3.96. The molecule has 3 atom stereocenters. The largest absolute Gasteiger partial charge is 0.342 e. The van der Waals surface area contributed by atoms with Crippen molar-refractivity contribution in [3.8, 4) is 0 Å². The summed E-state index contributed by atoms with van der Waals surface area (Å²) < 4.78 is 0. The maximum atomic E-state index is 11.9. The molecule has 1 saturated carbocycles. The molecule has 14 heavy (non-hydrogen) atoms. The molecule has 3 unspecified atom stereocenters. The van der Waals surface area contributed by atoms with E-state index in [0.717, 1.165) is 38.8 Å². The Balaban J connectivity index is 1.87. The van der Waals surface area contributed by atoms with Crippen molar-refractivity contribution in [1.29, 1.82) is 0 Å². The molecule has 2 fully saturated rings. The predicted octanol–water partition coefficient (Wildman–Crippen LogP) is 0.982. The fourth-order valence-corrected chi connectivity index (χ4v) is 2.24. The summed E-state index contributed by atoms with van der Waals surface area (Å²) in [5.74, 6) is 1.34.